The molecular weight excluding hydrogens is 285 g/mol. The van der Waals surface area contributed by atoms with Crippen molar-refractivity contribution < 1.29 is 4.39 Å². The second-order valence-corrected chi connectivity index (χ2v) is 6.50. The molecule has 2 atom stereocenters. The van der Waals surface area contributed by atoms with Gasteiger partial charge < -0.3 is 5.73 Å². The minimum absolute atomic E-state index is 0.268. The van der Waals surface area contributed by atoms with E-state index >= 15 is 0 Å². The van der Waals surface area contributed by atoms with Crippen LogP contribution in [-0.2, 0) is 12.0 Å². The van der Waals surface area contributed by atoms with Crippen molar-refractivity contribution in [2.75, 3.05) is 0 Å². The van der Waals surface area contributed by atoms with Gasteiger partial charge in [-0.1, -0.05) is 42.8 Å². The molecule has 110 valence electrons. The molecule has 0 amide bonds. The number of nitrogens with two attached hydrogens (primary N) is 1. The smallest absolute Gasteiger partial charge is 0.123 e. The molecular formula is C18H19ClFN. The highest BCUT2D eigenvalue weighted by Crippen LogP contribution is 2.42. The molecule has 0 aliphatic heterocycles. The molecule has 1 aliphatic rings. The zero-order valence-corrected chi connectivity index (χ0v) is 12.8. The van der Waals surface area contributed by atoms with Crippen LogP contribution in [0.5, 0.6) is 0 Å². The summed E-state index contributed by atoms with van der Waals surface area (Å²) in [6.45, 7) is 2.23. The predicted molar refractivity (Wildman–Crippen MR) is 85.1 cm³/mol. The molecule has 0 aromatic heterocycles. The number of fused-ring (bicyclic) bond motifs is 1. The van der Waals surface area contributed by atoms with Gasteiger partial charge in [0.2, 0.25) is 0 Å². The van der Waals surface area contributed by atoms with Gasteiger partial charge in [0.15, 0.2) is 0 Å². The molecule has 1 aliphatic carbocycles. The van der Waals surface area contributed by atoms with Crippen molar-refractivity contribution in [3.8, 4) is 0 Å². The molecule has 3 heteroatoms. The van der Waals surface area contributed by atoms with E-state index in [9.17, 15) is 4.39 Å². The normalized spacial score (nSPS) is 24.7. The third-order valence-electron chi connectivity index (χ3n) is 4.57. The Morgan fingerprint density at radius 3 is 2.86 bits per heavy atom. The van der Waals surface area contributed by atoms with Crippen LogP contribution in [0.15, 0.2) is 42.5 Å². The van der Waals surface area contributed by atoms with E-state index in [4.69, 9.17) is 17.3 Å². The highest BCUT2D eigenvalue weighted by molar-refractivity contribution is 6.31. The fourth-order valence-corrected chi connectivity index (χ4v) is 3.53. The van der Waals surface area contributed by atoms with Gasteiger partial charge >= 0.3 is 0 Å². The van der Waals surface area contributed by atoms with Crippen molar-refractivity contribution in [2.45, 2.75) is 37.6 Å². The summed E-state index contributed by atoms with van der Waals surface area (Å²) < 4.78 is 13.5. The van der Waals surface area contributed by atoms with Crippen molar-refractivity contribution in [3.05, 3.63) is 70.0 Å². The van der Waals surface area contributed by atoms with Crippen LogP contribution >= 0.6 is 11.6 Å². The van der Waals surface area contributed by atoms with E-state index in [1.165, 1.54) is 23.3 Å². The predicted octanol–water partition coefficient (Wildman–Crippen LogP) is 4.77. The van der Waals surface area contributed by atoms with Crippen LogP contribution in [0.2, 0.25) is 5.02 Å². The zero-order chi connectivity index (χ0) is 15.0. The molecule has 2 aromatic rings. The van der Waals surface area contributed by atoms with Crippen LogP contribution < -0.4 is 5.73 Å². The molecule has 0 spiro atoms. The standard InChI is InChI=1S/C18H19ClFN/c1-12-8-9-18(21,16-5-3-2-4-15(12)16)11-13-10-14(20)6-7-17(13)19/h2-7,10,12H,8-9,11,21H2,1H3. The van der Waals surface area contributed by atoms with Crippen LogP contribution in [0, 0.1) is 5.82 Å². The van der Waals surface area contributed by atoms with Crippen LogP contribution in [0.1, 0.15) is 42.4 Å². The fourth-order valence-electron chi connectivity index (χ4n) is 3.35. The van der Waals surface area contributed by atoms with Gasteiger partial charge in [0, 0.05) is 10.6 Å². The highest BCUT2D eigenvalue weighted by Gasteiger charge is 2.35. The van der Waals surface area contributed by atoms with E-state index in [1.807, 2.05) is 6.07 Å². The SMILES string of the molecule is CC1CCC(N)(Cc2cc(F)ccc2Cl)c2ccccc21. The first kappa shape index (κ1) is 14.6. The van der Waals surface area contributed by atoms with Gasteiger partial charge in [-0.25, -0.2) is 4.39 Å². The molecule has 0 fully saturated rings. The number of benzene rings is 2. The largest absolute Gasteiger partial charge is 0.321 e. The van der Waals surface area contributed by atoms with E-state index in [0.717, 1.165) is 18.4 Å². The molecule has 2 aromatic carbocycles. The van der Waals surface area contributed by atoms with Crippen molar-refractivity contribution >= 4 is 11.6 Å². The van der Waals surface area contributed by atoms with Crippen LogP contribution in [0.25, 0.3) is 0 Å². The van der Waals surface area contributed by atoms with Gasteiger partial charge in [-0.15, -0.1) is 0 Å². The van der Waals surface area contributed by atoms with Crippen LogP contribution in [-0.4, -0.2) is 0 Å². The molecule has 0 radical (unpaired) electrons. The lowest BCUT2D eigenvalue weighted by atomic mass is 9.70. The first-order chi connectivity index (χ1) is 9.99. The Hall–Kier alpha value is -1.38. The van der Waals surface area contributed by atoms with Gasteiger partial charge in [-0.3, -0.25) is 0 Å². The van der Waals surface area contributed by atoms with Gasteiger partial charge in [0.1, 0.15) is 5.82 Å². The average Bonchev–Trinajstić information content (AvgIpc) is 2.48. The highest BCUT2D eigenvalue weighted by atomic mass is 35.5. The average molecular weight is 304 g/mol. The van der Waals surface area contributed by atoms with Crippen LogP contribution in [0.4, 0.5) is 4.39 Å². The van der Waals surface area contributed by atoms with Crippen LogP contribution in [0.3, 0.4) is 0 Å². The summed E-state index contributed by atoms with van der Waals surface area (Å²) in [5.74, 6) is 0.247. The van der Waals surface area contributed by atoms with E-state index < -0.39 is 5.54 Å². The molecule has 0 heterocycles. The quantitative estimate of drug-likeness (QED) is 0.849. The van der Waals surface area contributed by atoms with Gasteiger partial charge in [0.05, 0.1) is 0 Å². The molecule has 0 saturated heterocycles. The second kappa shape index (κ2) is 5.43. The minimum Gasteiger partial charge on any atom is -0.321 e. The van der Waals surface area contributed by atoms with Gasteiger partial charge in [-0.2, -0.15) is 0 Å². The summed E-state index contributed by atoms with van der Waals surface area (Å²) in [6, 6.07) is 12.8. The zero-order valence-electron chi connectivity index (χ0n) is 12.1. The lowest BCUT2D eigenvalue weighted by molar-refractivity contribution is 0.348. The lowest BCUT2D eigenvalue weighted by Gasteiger charge is -2.39. The second-order valence-electron chi connectivity index (χ2n) is 6.10. The Morgan fingerprint density at radius 1 is 1.29 bits per heavy atom. The maximum atomic E-state index is 13.5. The van der Waals surface area contributed by atoms with E-state index in [2.05, 4.69) is 25.1 Å². The van der Waals surface area contributed by atoms with Crippen molar-refractivity contribution in [2.24, 2.45) is 5.73 Å². The summed E-state index contributed by atoms with van der Waals surface area (Å²) >= 11 is 6.21. The maximum absolute atomic E-state index is 13.5. The third kappa shape index (κ3) is 2.70. The van der Waals surface area contributed by atoms with Gasteiger partial charge in [-0.05, 0) is 60.1 Å². The molecule has 2 unspecified atom stereocenters. The number of rotatable bonds is 2. The monoisotopic (exact) mass is 303 g/mol. The fraction of sp³-hybridized carbons (Fsp3) is 0.333. The van der Waals surface area contributed by atoms with Crippen molar-refractivity contribution in [3.63, 3.8) is 0 Å². The Bertz CT molecular complexity index is 670. The Kier molecular flexibility index (Phi) is 3.76. The summed E-state index contributed by atoms with van der Waals surface area (Å²) in [6.07, 6.45) is 2.49. The summed E-state index contributed by atoms with van der Waals surface area (Å²) in [4.78, 5) is 0. The number of hydrogen-bond acceptors (Lipinski definition) is 1. The Morgan fingerprint density at radius 2 is 2.05 bits per heavy atom. The Balaban J connectivity index is 2.02. The summed E-state index contributed by atoms with van der Waals surface area (Å²) in [5.41, 5.74) is 9.49. The lowest BCUT2D eigenvalue weighted by Crippen LogP contribution is -2.42. The van der Waals surface area contributed by atoms with E-state index in [0.29, 0.717) is 17.4 Å². The van der Waals surface area contributed by atoms with Crippen molar-refractivity contribution in [1.82, 2.24) is 0 Å². The van der Waals surface area contributed by atoms with Gasteiger partial charge in [0.25, 0.3) is 0 Å². The molecule has 21 heavy (non-hydrogen) atoms. The van der Waals surface area contributed by atoms with Crippen molar-refractivity contribution in [1.29, 1.82) is 0 Å². The Labute approximate surface area is 129 Å². The molecule has 0 bridgehead atoms. The number of hydrogen-bond donors (Lipinski definition) is 1. The number of halogens is 2. The van der Waals surface area contributed by atoms with E-state index in [-0.39, 0.29) is 5.82 Å². The maximum Gasteiger partial charge on any atom is 0.123 e. The molecule has 1 nitrogen and oxygen atoms in total. The molecule has 0 saturated carbocycles. The first-order valence-corrected chi connectivity index (χ1v) is 7.69. The molecule has 3 rings (SSSR count). The summed E-state index contributed by atoms with van der Waals surface area (Å²) in [7, 11) is 0. The molecule has 2 N–H and O–H groups in total. The first-order valence-electron chi connectivity index (χ1n) is 7.32. The third-order valence-corrected chi connectivity index (χ3v) is 4.93. The summed E-state index contributed by atoms with van der Waals surface area (Å²) in [5, 5.41) is 0.581. The van der Waals surface area contributed by atoms with E-state index in [1.54, 1.807) is 6.07 Å². The topological polar surface area (TPSA) is 26.0 Å². The minimum atomic E-state index is -0.472.